The van der Waals surface area contributed by atoms with Crippen LogP contribution in [0.25, 0.3) is 0 Å². The van der Waals surface area contributed by atoms with Gasteiger partial charge in [-0.3, -0.25) is 9.48 Å². The Kier molecular flexibility index (Phi) is 5.20. The van der Waals surface area contributed by atoms with E-state index in [0.717, 1.165) is 18.0 Å². The Morgan fingerprint density at radius 1 is 1.11 bits per heavy atom. The molecule has 0 spiro atoms. The van der Waals surface area contributed by atoms with Crippen molar-refractivity contribution in [1.82, 2.24) is 25.1 Å². The van der Waals surface area contributed by atoms with E-state index in [1.54, 1.807) is 54.5 Å². The van der Waals surface area contributed by atoms with E-state index in [2.05, 4.69) is 20.4 Å². The van der Waals surface area contributed by atoms with Crippen molar-refractivity contribution in [3.63, 3.8) is 0 Å². The highest BCUT2D eigenvalue weighted by Gasteiger charge is 2.34. The number of benzene rings is 1. The standard InChI is InChI=1S/C18H16F3N5O/c1-26-11-14(9-25-26)15(10-22-16(27)12-5-3-2-4-6-12)13-7-23-17(24-8-13)18(19,20)21/h2-9,11,15H,10H2,1H3,(H,22,27). The first-order valence-corrected chi connectivity index (χ1v) is 8.05. The van der Waals surface area contributed by atoms with Gasteiger partial charge in [0.15, 0.2) is 0 Å². The van der Waals surface area contributed by atoms with Crippen LogP contribution in [0.2, 0.25) is 0 Å². The molecule has 3 rings (SSSR count). The fraction of sp³-hybridized carbons (Fsp3) is 0.222. The summed E-state index contributed by atoms with van der Waals surface area (Å²) in [5.41, 5.74) is 1.67. The number of hydrogen-bond donors (Lipinski definition) is 1. The SMILES string of the molecule is Cn1cc(C(CNC(=O)c2ccccc2)c2cnc(C(F)(F)F)nc2)cn1. The van der Waals surface area contributed by atoms with Crippen molar-refractivity contribution in [1.29, 1.82) is 0 Å². The average molecular weight is 375 g/mol. The Bertz CT molecular complexity index is 907. The van der Waals surface area contributed by atoms with Gasteiger partial charge in [-0.25, -0.2) is 9.97 Å². The number of carbonyl (C=O) groups is 1. The Labute approximate surface area is 153 Å². The highest BCUT2D eigenvalue weighted by Crippen LogP contribution is 2.28. The van der Waals surface area contributed by atoms with Crippen molar-refractivity contribution < 1.29 is 18.0 Å². The lowest BCUT2D eigenvalue weighted by molar-refractivity contribution is -0.145. The lowest BCUT2D eigenvalue weighted by Crippen LogP contribution is -2.29. The molecule has 0 aliphatic carbocycles. The number of carbonyl (C=O) groups excluding carboxylic acids is 1. The molecule has 1 unspecified atom stereocenters. The third-order valence-corrected chi connectivity index (χ3v) is 3.96. The summed E-state index contributed by atoms with van der Waals surface area (Å²) in [7, 11) is 1.73. The molecular weight excluding hydrogens is 359 g/mol. The van der Waals surface area contributed by atoms with Crippen molar-refractivity contribution in [3.05, 3.63) is 77.6 Å². The zero-order valence-electron chi connectivity index (χ0n) is 14.3. The highest BCUT2D eigenvalue weighted by atomic mass is 19.4. The van der Waals surface area contributed by atoms with Crippen molar-refractivity contribution in [3.8, 4) is 0 Å². The van der Waals surface area contributed by atoms with Crippen molar-refractivity contribution in [2.45, 2.75) is 12.1 Å². The van der Waals surface area contributed by atoms with Gasteiger partial charge in [0, 0.05) is 43.7 Å². The van der Waals surface area contributed by atoms with E-state index in [-0.39, 0.29) is 12.5 Å². The fourth-order valence-corrected chi connectivity index (χ4v) is 2.60. The summed E-state index contributed by atoms with van der Waals surface area (Å²) in [6.45, 7) is 0.161. The first-order chi connectivity index (χ1) is 12.8. The van der Waals surface area contributed by atoms with Gasteiger partial charge in [0.2, 0.25) is 5.82 Å². The number of nitrogens with zero attached hydrogens (tertiary/aromatic N) is 4. The largest absolute Gasteiger partial charge is 0.451 e. The molecule has 1 amide bonds. The summed E-state index contributed by atoms with van der Waals surface area (Å²) in [6, 6.07) is 8.65. The number of halogens is 3. The van der Waals surface area contributed by atoms with E-state index in [1.807, 2.05) is 0 Å². The first kappa shape index (κ1) is 18.6. The quantitative estimate of drug-likeness (QED) is 0.744. The van der Waals surface area contributed by atoms with Gasteiger partial charge >= 0.3 is 6.18 Å². The van der Waals surface area contributed by atoms with Crippen molar-refractivity contribution in [2.75, 3.05) is 6.54 Å². The molecule has 1 atom stereocenters. The third-order valence-electron chi connectivity index (χ3n) is 3.96. The Balaban J connectivity index is 1.82. The summed E-state index contributed by atoms with van der Waals surface area (Å²) < 4.78 is 39.7. The summed E-state index contributed by atoms with van der Waals surface area (Å²) in [5, 5.41) is 6.88. The molecule has 0 radical (unpaired) electrons. The predicted molar refractivity (Wildman–Crippen MR) is 90.9 cm³/mol. The average Bonchev–Trinajstić information content (AvgIpc) is 3.08. The minimum atomic E-state index is -4.61. The van der Waals surface area contributed by atoms with Crippen LogP contribution in [0.15, 0.2) is 55.1 Å². The van der Waals surface area contributed by atoms with E-state index in [4.69, 9.17) is 0 Å². The second-order valence-electron chi connectivity index (χ2n) is 5.91. The maximum absolute atomic E-state index is 12.7. The van der Waals surface area contributed by atoms with Gasteiger partial charge < -0.3 is 5.32 Å². The van der Waals surface area contributed by atoms with Gasteiger partial charge in [-0.1, -0.05) is 18.2 Å². The summed E-state index contributed by atoms with van der Waals surface area (Å²) in [6.07, 6.45) is 0.974. The van der Waals surface area contributed by atoms with E-state index in [1.165, 1.54) is 0 Å². The zero-order valence-corrected chi connectivity index (χ0v) is 14.3. The molecule has 1 aromatic carbocycles. The zero-order chi connectivity index (χ0) is 19.4. The van der Waals surface area contributed by atoms with Gasteiger partial charge in [0.05, 0.1) is 6.20 Å². The smallest absolute Gasteiger partial charge is 0.351 e. The normalized spacial score (nSPS) is 12.6. The number of aryl methyl sites for hydroxylation is 1. The summed E-state index contributed by atoms with van der Waals surface area (Å²) in [4.78, 5) is 19.1. The molecule has 0 saturated heterocycles. The van der Waals surface area contributed by atoms with Gasteiger partial charge in [0.1, 0.15) is 0 Å². The van der Waals surface area contributed by atoms with Crippen molar-refractivity contribution in [2.24, 2.45) is 7.05 Å². The maximum Gasteiger partial charge on any atom is 0.451 e. The number of rotatable bonds is 5. The second kappa shape index (κ2) is 7.56. The summed E-state index contributed by atoms with van der Waals surface area (Å²) >= 11 is 0. The molecule has 0 aliphatic heterocycles. The Morgan fingerprint density at radius 3 is 2.33 bits per heavy atom. The molecule has 0 bridgehead atoms. The number of amides is 1. The molecule has 0 fully saturated rings. The van der Waals surface area contributed by atoms with E-state index < -0.39 is 17.9 Å². The van der Waals surface area contributed by atoms with Gasteiger partial charge in [-0.15, -0.1) is 0 Å². The Hall–Kier alpha value is -3.23. The number of hydrogen-bond acceptors (Lipinski definition) is 4. The van der Waals surface area contributed by atoms with Crippen LogP contribution in [0.5, 0.6) is 0 Å². The third kappa shape index (κ3) is 4.49. The van der Waals surface area contributed by atoms with Crippen LogP contribution >= 0.6 is 0 Å². The molecule has 9 heteroatoms. The second-order valence-corrected chi connectivity index (χ2v) is 5.91. The monoisotopic (exact) mass is 375 g/mol. The topological polar surface area (TPSA) is 72.7 Å². The lowest BCUT2D eigenvalue weighted by atomic mass is 9.95. The van der Waals surface area contributed by atoms with E-state index in [0.29, 0.717) is 11.1 Å². The van der Waals surface area contributed by atoms with Crippen LogP contribution in [-0.4, -0.2) is 32.2 Å². The first-order valence-electron chi connectivity index (χ1n) is 8.05. The molecule has 2 heterocycles. The molecule has 3 aromatic rings. The maximum atomic E-state index is 12.7. The van der Waals surface area contributed by atoms with Crippen LogP contribution in [0.3, 0.4) is 0 Å². The van der Waals surface area contributed by atoms with Crippen LogP contribution < -0.4 is 5.32 Å². The van der Waals surface area contributed by atoms with Crippen molar-refractivity contribution >= 4 is 5.91 Å². The molecule has 1 N–H and O–H groups in total. The molecule has 140 valence electrons. The minimum Gasteiger partial charge on any atom is -0.351 e. The number of nitrogens with one attached hydrogen (secondary N) is 1. The molecule has 6 nitrogen and oxygen atoms in total. The minimum absolute atomic E-state index is 0.161. The van der Waals surface area contributed by atoms with Crippen LogP contribution in [0, 0.1) is 0 Å². The van der Waals surface area contributed by atoms with Crippen LogP contribution in [-0.2, 0) is 13.2 Å². The van der Waals surface area contributed by atoms with Gasteiger partial charge in [0.25, 0.3) is 5.91 Å². The molecular formula is C18H16F3N5O. The molecule has 0 aliphatic rings. The molecule has 0 saturated carbocycles. The van der Waals surface area contributed by atoms with Crippen LogP contribution in [0.4, 0.5) is 13.2 Å². The van der Waals surface area contributed by atoms with Gasteiger partial charge in [-0.2, -0.15) is 18.3 Å². The Morgan fingerprint density at radius 2 is 1.78 bits per heavy atom. The molecule has 2 aromatic heterocycles. The predicted octanol–water partition coefficient (Wildman–Crippen LogP) is 2.79. The molecule has 27 heavy (non-hydrogen) atoms. The number of aromatic nitrogens is 4. The summed E-state index contributed by atoms with van der Waals surface area (Å²) in [5.74, 6) is -1.92. The highest BCUT2D eigenvalue weighted by molar-refractivity contribution is 5.94. The van der Waals surface area contributed by atoms with Gasteiger partial charge in [-0.05, 0) is 23.3 Å². The lowest BCUT2D eigenvalue weighted by Gasteiger charge is -2.17. The van der Waals surface area contributed by atoms with E-state index in [9.17, 15) is 18.0 Å². The van der Waals surface area contributed by atoms with E-state index >= 15 is 0 Å². The number of alkyl halides is 3. The van der Waals surface area contributed by atoms with Crippen LogP contribution in [0.1, 0.15) is 33.2 Å². The fourth-order valence-electron chi connectivity index (χ4n) is 2.60.